The van der Waals surface area contributed by atoms with Crippen molar-refractivity contribution in [2.24, 2.45) is 0 Å². The van der Waals surface area contributed by atoms with Crippen molar-refractivity contribution in [3.8, 4) is 0 Å². The van der Waals surface area contributed by atoms with Crippen molar-refractivity contribution in [2.45, 2.75) is 276 Å². The van der Waals surface area contributed by atoms with Crippen LogP contribution in [0.3, 0.4) is 0 Å². The monoisotopic (exact) mass is 762 g/mol. The summed E-state index contributed by atoms with van der Waals surface area (Å²) in [6, 6.07) is -0.711. The summed E-state index contributed by atoms with van der Waals surface area (Å²) in [6.45, 7) is 4.24. The molecule has 0 fully saturated rings. The van der Waals surface area contributed by atoms with Crippen LogP contribution >= 0.6 is 0 Å². The van der Waals surface area contributed by atoms with Crippen LogP contribution in [0.5, 0.6) is 0 Å². The van der Waals surface area contributed by atoms with Gasteiger partial charge in [0, 0.05) is 0 Å². The maximum absolute atomic E-state index is 12.5. The lowest BCUT2D eigenvalue weighted by Crippen LogP contribution is -2.49. The summed E-state index contributed by atoms with van der Waals surface area (Å²) in [4.78, 5) is 12.5. The predicted molar refractivity (Wildman–Crippen MR) is 236 cm³/mol. The fraction of sp³-hybridized carbons (Fsp3) is 0.898. The van der Waals surface area contributed by atoms with E-state index in [0.29, 0.717) is 12.8 Å². The number of unbranched alkanes of at least 4 members (excludes halogenated alkanes) is 32. The second kappa shape index (κ2) is 44.5. The first-order valence-electron chi connectivity index (χ1n) is 24.1. The maximum atomic E-state index is 12.5. The van der Waals surface area contributed by atoms with Crippen LogP contribution in [0.15, 0.2) is 24.3 Å². The first-order valence-corrected chi connectivity index (χ1v) is 24.1. The van der Waals surface area contributed by atoms with E-state index in [1.807, 2.05) is 0 Å². The van der Waals surface area contributed by atoms with Crippen LogP contribution in [0.4, 0.5) is 0 Å². The molecule has 0 aliphatic carbocycles. The lowest BCUT2D eigenvalue weighted by Gasteiger charge is -2.23. The fourth-order valence-electron chi connectivity index (χ4n) is 7.52. The molecule has 0 saturated heterocycles. The average molecular weight is 762 g/mol. The van der Waals surface area contributed by atoms with Gasteiger partial charge in [0.15, 0.2) is 0 Å². The molecule has 0 aliphatic rings. The van der Waals surface area contributed by atoms with Gasteiger partial charge in [-0.15, -0.1) is 0 Å². The predicted octanol–water partition coefficient (Wildman–Crippen LogP) is 14.2. The van der Waals surface area contributed by atoms with E-state index in [4.69, 9.17) is 0 Å². The average Bonchev–Trinajstić information content (AvgIpc) is 3.18. The number of carbonyl (C=O) groups excluding carboxylic acids is 1. The molecular weight excluding hydrogens is 667 g/mol. The molecule has 320 valence electrons. The van der Waals surface area contributed by atoms with Gasteiger partial charge in [0.2, 0.25) is 5.91 Å². The van der Waals surface area contributed by atoms with Gasteiger partial charge in [-0.25, -0.2) is 0 Å². The molecule has 1 amide bonds. The van der Waals surface area contributed by atoms with Gasteiger partial charge >= 0.3 is 0 Å². The third-order valence-corrected chi connectivity index (χ3v) is 11.3. The molecule has 3 atom stereocenters. The van der Waals surface area contributed by atoms with Crippen molar-refractivity contribution in [3.63, 3.8) is 0 Å². The molecule has 4 N–H and O–H groups in total. The third-order valence-electron chi connectivity index (χ3n) is 11.3. The quantitative estimate of drug-likeness (QED) is 0.0368. The summed E-state index contributed by atoms with van der Waals surface area (Å²) in [5.41, 5.74) is 0. The summed E-state index contributed by atoms with van der Waals surface area (Å²) in [5.74, 6) is -0.471. The molecule has 5 heteroatoms. The largest absolute Gasteiger partial charge is 0.394 e. The van der Waals surface area contributed by atoms with Crippen molar-refractivity contribution in [1.29, 1.82) is 0 Å². The summed E-state index contributed by atoms with van der Waals surface area (Å²) >= 11 is 0. The van der Waals surface area contributed by atoms with E-state index in [2.05, 4.69) is 43.5 Å². The fourth-order valence-corrected chi connectivity index (χ4v) is 7.52. The van der Waals surface area contributed by atoms with E-state index in [0.717, 1.165) is 38.5 Å². The third kappa shape index (κ3) is 39.1. The molecule has 3 unspecified atom stereocenters. The van der Waals surface area contributed by atoms with Crippen LogP contribution in [0.1, 0.15) is 258 Å². The van der Waals surface area contributed by atoms with Gasteiger partial charge in [-0.2, -0.15) is 0 Å². The highest BCUT2D eigenvalue weighted by atomic mass is 16.3. The minimum Gasteiger partial charge on any atom is -0.394 e. The smallest absolute Gasteiger partial charge is 0.249 e. The van der Waals surface area contributed by atoms with E-state index < -0.39 is 24.2 Å². The molecule has 5 nitrogen and oxygen atoms in total. The summed E-state index contributed by atoms with van der Waals surface area (Å²) in [6.07, 6.45) is 54.8. The van der Waals surface area contributed by atoms with Gasteiger partial charge in [-0.1, -0.05) is 237 Å². The Morgan fingerprint density at radius 3 is 1.11 bits per heavy atom. The number of carbonyl (C=O) groups is 1. The zero-order valence-corrected chi connectivity index (χ0v) is 36.4. The van der Waals surface area contributed by atoms with E-state index in [1.165, 1.54) is 193 Å². The summed E-state index contributed by atoms with van der Waals surface area (Å²) in [7, 11) is 0. The minimum atomic E-state index is -1.08. The molecule has 0 aromatic rings. The number of hydrogen-bond donors (Lipinski definition) is 4. The van der Waals surface area contributed by atoms with Crippen LogP contribution in [-0.4, -0.2) is 46.1 Å². The van der Waals surface area contributed by atoms with Gasteiger partial charge in [0.1, 0.15) is 6.10 Å². The van der Waals surface area contributed by atoms with Gasteiger partial charge in [0.25, 0.3) is 0 Å². The molecule has 0 saturated carbocycles. The van der Waals surface area contributed by atoms with Gasteiger partial charge in [0.05, 0.1) is 18.8 Å². The molecule has 0 aromatic carbocycles. The number of allylic oxidation sites excluding steroid dienone is 4. The van der Waals surface area contributed by atoms with Gasteiger partial charge in [-0.05, 0) is 44.9 Å². The van der Waals surface area contributed by atoms with Gasteiger partial charge < -0.3 is 20.6 Å². The van der Waals surface area contributed by atoms with Crippen molar-refractivity contribution >= 4 is 5.91 Å². The highest BCUT2D eigenvalue weighted by Gasteiger charge is 2.23. The number of rotatable bonds is 44. The molecule has 0 heterocycles. The Morgan fingerprint density at radius 2 is 0.759 bits per heavy atom. The Bertz CT molecular complexity index is 799. The van der Waals surface area contributed by atoms with E-state index >= 15 is 0 Å². The molecular formula is C49H95NO4. The Labute approximate surface area is 337 Å². The molecule has 0 bridgehead atoms. The first-order chi connectivity index (χ1) is 26.6. The molecule has 0 aromatic heterocycles. The molecule has 0 rings (SSSR count). The normalized spacial score (nSPS) is 13.6. The highest BCUT2D eigenvalue weighted by Crippen LogP contribution is 2.16. The van der Waals surface area contributed by atoms with E-state index in [1.54, 1.807) is 0 Å². The molecule has 0 aliphatic heterocycles. The Morgan fingerprint density at radius 1 is 0.444 bits per heavy atom. The van der Waals surface area contributed by atoms with Crippen molar-refractivity contribution in [2.75, 3.05) is 6.61 Å². The Balaban J connectivity index is 3.58. The van der Waals surface area contributed by atoms with Crippen LogP contribution in [0, 0.1) is 0 Å². The van der Waals surface area contributed by atoms with Crippen LogP contribution in [-0.2, 0) is 4.79 Å². The first kappa shape index (κ1) is 52.8. The lowest BCUT2D eigenvalue weighted by molar-refractivity contribution is -0.131. The van der Waals surface area contributed by atoms with Crippen LogP contribution < -0.4 is 5.32 Å². The zero-order valence-electron chi connectivity index (χ0n) is 36.4. The number of hydrogen-bond acceptors (Lipinski definition) is 4. The van der Waals surface area contributed by atoms with Crippen LogP contribution in [0.2, 0.25) is 0 Å². The number of aliphatic hydroxyl groups excluding tert-OH is 3. The molecule has 0 spiro atoms. The number of amides is 1. The van der Waals surface area contributed by atoms with E-state index in [-0.39, 0.29) is 6.61 Å². The van der Waals surface area contributed by atoms with Crippen LogP contribution in [0.25, 0.3) is 0 Å². The molecule has 0 radical (unpaired) electrons. The van der Waals surface area contributed by atoms with Crippen molar-refractivity contribution in [3.05, 3.63) is 24.3 Å². The number of nitrogens with one attached hydrogen (secondary N) is 1. The van der Waals surface area contributed by atoms with E-state index in [9.17, 15) is 20.1 Å². The van der Waals surface area contributed by atoms with Crippen molar-refractivity contribution in [1.82, 2.24) is 5.32 Å². The Kier molecular flexibility index (Phi) is 43.6. The SMILES string of the molecule is CCCCCCCCCCC/C=C\C/C=C\CCCCCCCCCCCCC(O)C(=O)NC(CO)C(O)CCCCCCCCCCCCCCCC. The maximum Gasteiger partial charge on any atom is 0.249 e. The lowest BCUT2D eigenvalue weighted by atomic mass is 10.0. The second-order valence-corrected chi connectivity index (χ2v) is 16.7. The molecule has 54 heavy (non-hydrogen) atoms. The summed E-state index contributed by atoms with van der Waals surface area (Å²) < 4.78 is 0. The zero-order chi connectivity index (χ0) is 39.4. The van der Waals surface area contributed by atoms with Gasteiger partial charge in [-0.3, -0.25) is 4.79 Å². The standard InChI is InChI=1S/C49H95NO4/c1-3-5-7-9-11-13-15-17-19-20-21-22-23-24-25-26-27-28-29-30-32-34-36-38-40-42-44-48(53)49(54)50-46(45-51)47(52)43-41-39-37-35-33-31-18-16-14-12-10-8-6-4-2/h21-22,24-25,46-48,51-53H,3-20,23,26-45H2,1-2H3,(H,50,54)/b22-21-,25-24-. The minimum absolute atomic E-state index is 0.313. The Hall–Kier alpha value is -1.17. The second-order valence-electron chi connectivity index (χ2n) is 16.7. The topological polar surface area (TPSA) is 89.8 Å². The number of aliphatic hydroxyl groups is 3. The highest BCUT2D eigenvalue weighted by molar-refractivity contribution is 5.80. The van der Waals surface area contributed by atoms with Crippen molar-refractivity contribution < 1.29 is 20.1 Å². The summed E-state index contributed by atoms with van der Waals surface area (Å²) in [5, 5.41) is 33.4.